The highest BCUT2D eigenvalue weighted by molar-refractivity contribution is 9.10. The summed E-state index contributed by atoms with van der Waals surface area (Å²) in [5.74, 6) is 1.58. The summed E-state index contributed by atoms with van der Waals surface area (Å²) in [6.45, 7) is 2.06. The van der Waals surface area contributed by atoms with Gasteiger partial charge >= 0.3 is 0 Å². The van der Waals surface area contributed by atoms with Gasteiger partial charge in [0.25, 0.3) is 0 Å². The second-order valence-electron chi connectivity index (χ2n) is 3.66. The number of hydrogen-bond donors (Lipinski definition) is 0. The van der Waals surface area contributed by atoms with Gasteiger partial charge in [0.05, 0.1) is 11.8 Å². The van der Waals surface area contributed by atoms with Gasteiger partial charge in [-0.2, -0.15) is 0 Å². The van der Waals surface area contributed by atoms with Gasteiger partial charge in [0, 0.05) is 6.20 Å². The molecule has 0 spiro atoms. The van der Waals surface area contributed by atoms with Crippen molar-refractivity contribution in [3.05, 3.63) is 46.9 Å². The zero-order valence-electron chi connectivity index (χ0n) is 8.64. The van der Waals surface area contributed by atoms with Gasteiger partial charge in [0.1, 0.15) is 4.60 Å². The number of imidazole rings is 1. The van der Waals surface area contributed by atoms with Crippen LogP contribution in [0, 0.1) is 6.92 Å². The van der Waals surface area contributed by atoms with Gasteiger partial charge in [-0.15, -0.1) is 0 Å². The van der Waals surface area contributed by atoms with Crippen molar-refractivity contribution in [1.29, 1.82) is 0 Å². The molecule has 0 aliphatic heterocycles. The van der Waals surface area contributed by atoms with E-state index in [1.165, 1.54) is 5.56 Å². The van der Waals surface area contributed by atoms with Crippen molar-refractivity contribution < 1.29 is 4.42 Å². The van der Waals surface area contributed by atoms with Crippen LogP contribution in [0.1, 0.15) is 5.56 Å². The summed E-state index contributed by atoms with van der Waals surface area (Å²) < 4.78 is 8.21. The molecule has 3 heterocycles. The molecular weight excluding hydrogens is 268 g/mol. The van der Waals surface area contributed by atoms with Crippen LogP contribution in [0.25, 0.3) is 17.1 Å². The molecule has 16 heavy (non-hydrogen) atoms. The molecule has 3 aromatic rings. The Hall–Kier alpha value is -1.55. The van der Waals surface area contributed by atoms with Gasteiger partial charge in [0.2, 0.25) is 0 Å². The summed E-state index contributed by atoms with van der Waals surface area (Å²) >= 11 is 3.46. The van der Waals surface area contributed by atoms with E-state index < -0.39 is 0 Å². The Morgan fingerprint density at radius 1 is 1.38 bits per heavy atom. The highest BCUT2D eigenvalue weighted by Crippen LogP contribution is 2.26. The van der Waals surface area contributed by atoms with E-state index >= 15 is 0 Å². The predicted octanol–water partition coefficient (Wildman–Crippen LogP) is 3.67. The summed E-state index contributed by atoms with van der Waals surface area (Å²) in [6.07, 6.45) is 3.65. The van der Waals surface area contributed by atoms with E-state index in [0.717, 1.165) is 21.7 Å². The number of pyridine rings is 1. The minimum Gasteiger partial charge on any atom is -0.461 e. The van der Waals surface area contributed by atoms with Crippen molar-refractivity contribution in [1.82, 2.24) is 9.38 Å². The van der Waals surface area contributed by atoms with Crippen molar-refractivity contribution >= 4 is 21.4 Å². The Kier molecular flexibility index (Phi) is 2.11. The quantitative estimate of drug-likeness (QED) is 0.679. The largest absolute Gasteiger partial charge is 0.461 e. The maximum atomic E-state index is 5.37. The van der Waals surface area contributed by atoms with Gasteiger partial charge in [-0.1, -0.05) is 0 Å². The van der Waals surface area contributed by atoms with E-state index in [9.17, 15) is 0 Å². The minimum atomic E-state index is 0.768. The zero-order chi connectivity index (χ0) is 11.1. The Balaban J connectivity index is 2.35. The number of halogens is 1. The summed E-state index contributed by atoms with van der Waals surface area (Å²) in [6, 6.07) is 7.90. The first-order valence-corrected chi connectivity index (χ1v) is 5.73. The topological polar surface area (TPSA) is 30.4 Å². The summed E-state index contributed by atoms with van der Waals surface area (Å²) in [5.41, 5.74) is 2.26. The Morgan fingerprint density at radius 2 is 2.25 bits per heavy atom. The summed E-state index contributed by atoms with van der Waals surface area (Å²) in [5, 5.41) is 0. The first-order valence-electron chi connectivity index (χ1n) is 4.94. The van der Waals surface area contributed by atoms with E-state index in [1.54, 1.807) is 6.26 Å². The van der Waals surface area contributed by atoms with E-state index in [2.05, 4.69) is 33.9 Å². The maximum Gasteiger partial charge on any atom is 0.181 e. The maximum absolute atomic E-state index is 5.37. The molecule has 0 radical (unpaired) electrons. The molecule has 0 bridgehead atoms. The first kappa shape index (κ1) is 9.66. The fourth-order valence-electron chi connectivity index (χ4n) is 1.73. The van der Waals surface area contributed by atoms with Crippen LogP contribution in [0.15, 0.2) is 45.7 Å². The molecule has 0 atom stereocenters. The van der Waals surface area contributed by atoms with Gasteiger partial charge in [-0.05, 0) is 52.7 Å². The second-order valence-corrected chi connectivity index (χ2v) is 4.41. The predicted molar refractivity (Wildman–Crippen MR) is 65.3 cm³/mol. The Morgan fingerprint density at radius 3 is 3.00 bits per heavy atom. The van der Waals surface area contributed by atoms with Gasteiger partial charge < -0.3 is 4.42 Å². The van der Waals surface area contributed by atoms with E-state index in [4.69, 9.17) is 4.42 Å². The SMILES string of the molecule is Cc1ccn2c(-c3ccco3)nc(Br)c2c1. The van der Waals surface area contributed by atoms with Crippen LogP contribution < -0.4 is 0 Å². The lowest BCUT2D eigenvalue weighted by molar-refractivity contribution is 0.577. The minimum absolute atomic E-state index is 0.768. The van der Waals surface area contributed by atoms with Gasteiger partial charge in [-0.3, -0.25) is 4.40 Å². The molecule has 4 heteroatoms. The van der Waals surface area contributed by atoms with Crippen molar-refractivity contribution in [2.75, 3.05) is 0 Å². The van der Waals surface area contributed by atoms with Crippen LogP contribution in [0.2, 0.25) is 0 Å². The standard InChI is InChI=1S/C12H9BrN2O/c1-8-4-5-15-9(7-8)11(13)14-12(15)10-3-2-6-16-10/h2-7H,1H3. The lowest BCUT2D eigenvalue weighted by Crippen LogP contribution is -1.87. The molecule has 0 fully saturated rings. The first-order chi connectivity index (χ1) is 7.75. The number of hydrogen-bond acceptors (Lipinski definition) is 2. The highest BCUT2D eigenvalue weighted by Gasteiger charge is 2.12. The molecule has 0 amide bonds. The third-order valence-electron chi connectivity index (χ3n) is 2.50. The lowest BCUT2D eigenvalue weighted by atomic mass is 10.3. The number of rotatable bonds is 1. The smallest absolute Gasteiger partial charge is 0.181 e. The van der Waals surface area contributed by atoms with Gasteiger partial charge in [-0.25, -0.2) is 4.98 Å². The monoisotopic (exact) mass is 276 g/mol. The molecule has 80 valence electrons. The number of fused-ring (bicyclic) bond motifs is 1. The molecule has 0 unspecified atom stereocenters. The summed E-state index contributed by atoms with van der Waals surface area (Å²) in [4.78, 5) is 4.46. The number of furan rings is 1. The molecule has 3 rings (SSSR count). The molecule has 0 saturated heterocycles. The van der Waals surface area contributed by atoms with Crippen molar-refractivity contribution in [3.8, 4) is 11.6 Å². The van der Waals surface area contributed by atoms with Crippen molar-refractivity contribution in [3.63, 3.8) is 0 Å². The third kappa shape index (κ3) is 1.38. The van der Waals surface area contributed by atoms with E-state index in [-0.39, 0.29) is 0 Å². The molecule has 0 saturated carbocycles. The highest BCUT2D eigenvalue weighted by atomic mass is 79.9. The molecular formula is C12H9BrN2O. The van der Waals surface area contributed by atoms with Crippen molar-refractivity contribution in [2.24, 2.45) is 0 Å². The fourth-order valence-corrected chi connectivity index (χ4v) is 2.21. The normalized spacial score (nSPS) is 11.1. The second kappa shape index (κ2) is 3.49. The molecule has 0 aromatic carbocycles. The van der Waals surface area contributed by atoms with E-state index in [1.807, 2.05) is 28.8 Å². The molecule has 0 N–H and O–H groups in total. The summed E-state index contributed by atoms with van der Waals surface area (Å²) in [7, 11) is 0. The zero-order valence-corrected chi connectivity index (χ0v) is 10.2. The number of nitrogens with zero attached hydrogens (tertiary/aromatic N) is 2. The number of aryl methyl sites for hydroxylation is 1. The molecule has 0 aliphatic carbocycles. The van der Waals surface area contributed by atoms with Crippen LogP contribution in [-0.2, 0) is 0 Å². The van der Waals surface area contributed by atoms with Crippen molar-refractivity contribution in [2.45, 2.75) is 6.92 Å². The van der Waals surface area contributed by atoms with E-state index in [0.29, 0.717) is 0 Å². The average Bonchev–Trinajstić information content (AvgIpc) is 2.87. The van der Waals surface area contributed by atoms with Gasteiger partial charge in [0.15, 0.2) is 11.6 Å². The molecule has 0 aliphatic rings. The Bertz CT molecular complexity index is 640. The molecule has 3 aromatic heterocycles. The average molecular weight is 277 g/mol. The fraction of sp³-hybridized carbons (Fsp3) is 0.0833. The molecule has 3 nitrogen and oxygen atoms in total. The third-order valence-corrected chi connectivity index (χ3v) is 3.08. The lowest BCUT2D eigenvalue weighted by Gasteiger charge is -1.98. The Labute approximate surface area is 101 Å². The van der Waals surface area contributed by atoms with Crippen LogP contribution >= 0.6 is 15.9 Å². The van der Waals surface area contributed by atoms with Crippen LogP contribution in [0.4, 0.5) is 0 Å². The van der Waals surface area contributed by atoms with Crippen LogP contribution in [0.3, 0.4) is 0 Å². The van der Waals surface area contributed by atoms with Crippen LogP contribution in [-0.4, -0.2) is 9.38 Å². The van der Waals surface area contributed by atoms with Crippen LogP contribution in [0.5, 0.6) is 0 Å². The number of aromatic nitrogens is 2.